The Labute approximate surface area is 187 Å². The molecule has 9 nitrogen and oxygen atoms in total. The highest BCUT2D eigenvalue weighted by atomic mass is 16.5. The number of carbonyl (C=O) groups excluding carboxylic acids is 1. The Morgan fingerprint density at radius 3 is 2.94 bits per heavy atom. The van der Waals surface area contributed by atoms with Crippen LogP contribution >= 0.6 is 0 Å². The first-order valence-corrected chi connectivity index (χ1v) is 11.4. The Kier molecular flexibility index (Phi) is 7.04. The van der Waals surface area contributed by atoms with Gasteiger partial charge in [0, 0.05) is 38.5 Å². The fraction of sp³-hybridized carbons (Fsp3) is 0.565. The molecule has 2 aliphatic rings. The van der Waals surface area contributed by atoms with Crippen LogP contribution < -0.4 is 10.6 Å². The molecule has 0 radical (unpaired) electrons. The van der Waals surface area contributed by atoms with E-state index in [1.54, 1.807) is 13.1 Å². The summed E-state index contributed by atoms with van der Waals surface area (Å²) in [7, 11) is 1.64. The van der Waals surface area contributed by atoms with Crippen LogP contribution in [0, 0.1) is 5.92 Å². The minimum atomic E-state index is -1.07. The molecular formula is C23H31N5O4. The van der Waals surface area contributed by atoms with E-state index < -0.39 is 17.9 Å². The SMILES string of the molecule is Cn1nccc1C(=O)N[C@@H](CCOC1CC(CCc2ccc3c(n2)NCCC3)C1)C(=O)O. The van der Waals surface area contributed by atoms with E-state index in [0.29, 0.717) is 18.2 Å². The van der Waals surface area contributed by atoms with Crippen LogP contribution in [0.5, 0.6) is 0 Å². The molecular weight excluding hydrogens is 410 g/mol. The fourth-order valence-corrected chi connectivity index (χ4v) is 4.35. The number of ether oxygens (including phenoxy) is 1. The molecule has 32 heavy (non-hydrogen) atoms. The first-order chi connectivity index (χ1) is 15.5. The number of amides is 1. The predicted molar refractivity (Wildman–Crippen MR) is 119 cm³/mol. The van der Waals surface area contributed by atoms with Crippen LogP contribution in [0.3, 0.4) is 0 Å². The number of anilines is 1. The smallest absolute Gasteiger partial charge is 0.326 e. The highest BCUT2D eigenvalue weighted by Crippen LogP contribution is 2.34. The van der Waals surface area contributed by atoms with Crippen molar-refractivity contribution in [3.05, 3.63) is 41.3 Å². The van der Waals surface area contributed by atoms with E-state index >= 15 is 0 Å². The Balaban J connectivity index is 1.14. The fourth-order valence-electron chi connectivity index (χ4n) is 4.35. The molecule has 0 spiro atoms. The number of carboxylic acids is 1. The van der Waals surface area contributed by atoms with Crippen LogP contribution in [-0.4, -0.2) is 57.0 Å². The number of aliphatic carboxylic acids is 1. The molecule has 9 heteroatoms. The third-order valence-corrected chi connectivity index (χ3v) is 6.37. The number of fused-ring (bicyclic) bond motifs is 1. The van der Waals surface area contributed by atoms with Crippen molar-refractivity contribution < 1.29 is 19.4 Å². The first-order valence-electron chi connectivity index (χ1n) is 11.4. The largest absolute Gasteiger partial charge is 0.480 e. The van der Waals surface area contributed by atoms with Crippen LogP contribution in [0.2, 0.25) is 0 Å². The molecule has 1 fully saturated rings. The highest BCUT2D eigenvalue weighted by Gasteiger charge is 2.30. The zero-order chi connectivity index (χ0) is 22.5. The van der Waals surface area contributed by atoms with Gasteiger partial charge in [0.2, 0.25) is 0 Å². The van der Waals surface area contributed by atoms with Gasteiger partial charge in [0.15, 0.2) is 0 Å². The molecule has 4 rings (SSSR count). The molecule has 1 saturated carbocycles. The number of nitrogens with one attached hydrogen (secondary N) is 2. The number of aryl methyl sites for hydroxylation is 3. The van der Waals surface area contributed by atoms with Crippen molar-refractivity contribution in [1.29, 1.82) is 0 Å². The van der Waals surface area contributed by atoms with Gasteiger partial charge in [-0.25, -0.2) is 9.78 Å². The van der Waals surface area contributed by atoms with E-state index in [2.05, 4.69) is 27.9 Å². The molecule has 1 atom stereocenters. The number of hydrogen-bond donors (Lipinski definition) is 3. The van der Waals surface area contributed by atoms with Gasteiger partial charge < -0.3 is 20.5 Å². The number of aromatic nitrogens is 3. The summed E-state index contributed by atoms with van der Waals surface area (Å²) in [6, 6.07) is 4.90. The van der Waals surface area contributed by atoms with E-state index in [0.717, 1.165) is 50.2 Å². The Morgan fingerprint density at radius 1 is 1.34 bits per heavy atom. The third-order valence-electron chi connectivity index (χ3n) is 6.37. The number of carboxylic acid groups (broad SMARTS) is 1. The topological polar surface area (TPSA) is 118 Å². The zero-order valence-electron chi connectivity index (χ0n) is 18.4. The summed E-state index contributed by atoms with van der Waals surface area (Å²) in [5, 5.41) is 19.3. The van der Waals surface area contributed by atoms with Gasteiger partial charge >= 0.3 is 5.97 Å². The molecule has 1 aliphatic carbocycles. The average Bonchev–Trinajstić information content (AvgIpc) is 3.19. The van der Waals surface area contributed by atoms with Crippen LogP contribution in [0.4, 0.5) is 5.82 Å². The van der Waals surface area contributed by atoms with Crippen molar-refractivity contribution in [1.82, 2.24) is 20.1 Å². The van der Waals surface area contributed by atoms with Crippen molar-refractivity contribution >= 4 is 17.7 Å². The van der Waals surface area contributed by atoms with Gasteiger partial charge in [-0.3, -0.25) is 9.48 Å². The number of rotatable bonds is 10. The third kappa shape index (κ3) is 5.45. The molecule has 1 amide bonds. The Hall–Kier alpha value is -2.94. The van der Waals surface area contributed by atoms with Gasteiger partial charge in [-0.05, 0) is 62.1 Å². The average molecular weight is 442 g/mol. The van der Waals surface area contributed by atoms with Crippen molar-refractivity contribution in [2.75, 3.05) is 18.5 Å². The number of pyridine rings is 1. The van der Waals surface area contributed by atoms with E-state index in [1.165, 1.54) is 22.9 Å². The summed E-state index contributed by atoms with van der Waals surface area (Å²) in [6.45, 7) is 1.30. The lowest BCUT2D eigenvalue weighted by atomic mass is 9.79. The monoisotopic (exact) mass is 441 g/mol. The molecule has 0 aromatic carbocycles. The van der Waals surface area contributed by atoms with Crippen LogP contribution in [0.25, 0.3) is 0 Å². The van der Waals surface area contributed by atoms with Crippen molar-refractivity contribution in [3.8, 4) is 0 Å². The first kappa shape index (κ1) is 22.3. The van der Waals surface area contributed by atoms with E-state index in [-0.39, 0.29) is 12.5 Å². The highest BCUT2D eigenvalue weighted by molar-refractivity contribution is 5.95. The Bertz CT molecular complexity index is 954. The lowest BCUT2D eigenvalue weighted by Gasteiger charge is -2.35. The van der Waals surface area contributed by atoms with Gasteiger partial charge in [0.25, 0.3) is 5.91 Å². The normalized spacial score (nSPS) is 20.5. The Morgan fingerprint density at radius 2 is 2.19 bits per heavy atom. The van der Waals surface area contributed by atoms with Gasteiger partial charge in [0.1, 0.15) is 17.6 Å². The summed E-state index contributed by atoms with van der Waals surface area (Å²) in [4.78, 5) is 28.5. The molecule has 0 unspecified atom stereocenters. The van der Waals surface area contributed by atoms with E-state index in [4.69, 9.17) is 9.72 Å². The van der Waals surface area contributed by atoms with Gasteiger partial charge in [-0.2, -0.15) is 5.10 Å². The summed E-state index contributed by atoms with van der Waals surface area (Å²) in [6.07, 6.45) is 8.20. The van der Waals surface area contributed by atoms with Gasteiger partial charge in [-0.1, -0.05) is 6.07 Å². The summed E-state index contributed by atoms with van der Waals surface area (Å²) in [5.74, 6) is 0.146. The molecule has 3 heterocycles. The van der Waals surface area contributed by atoms with Crippen LogP contribution in [0.1, 0.15) is 53.8 Å². The summed E-state index contributed by atoms with van der Waals surface area (Å²) in [5.41, 5.74) is 2.77. The quantitative estimate of drug-likeness (QED) is 0.517. The molecule has 0 bridgehead atoms. The summed E-state index contributed by atoms with van der Waals surface area (Å²) >= 11 is 0. The lowest BCUT2D eigenvalue weighted by Crippen LogP contribution is -2.42. The molecule has 1 aliphatic heterocycles. The van der Waals surface area contributed by atoms with Crippen molar-refractivity contribution in [3.63, 3.8) is 0 Å². The minimum absolute atomic E-state index is 0.167. The molecule has 2 aromatic heterocycles. The van der Waals surface area contributed by atoms with Gasteiger partial charge in [0.05, 0.1) is 6.10 Å². The number of nitrogens with zero attached hydrogens (tertiary/aromatic N) is 3. The minimum Gasteiger partial charge on any atom is -0.480 e. The van der Waals surface area contributed by atoms with Gasteiger partial charge in [-0.15, -0.1) is 0 Å². The summed E-state index contributed by atoms with van der Waals surface area (Å²) < 4.78 is 7.27. The maximum Gasteiger partial charge on any atom is 0.326 e. The molecule has 0 saturated heterocycles. The van der Waals surface area contributed by atoms with Crippen molar-refractivity contribution in [2.45, 2.75) is 57.1 Å². The standard InChI is InChI=1S/C23H31N5O4/c1-28-20(8-11-25-28)22(29)27-19(23(30)31)9-12-32-18-13-15(14-18)4-6-17-7-5-16-3-2-10-24-21(16)26-17/h5,7-8,11,15,18-19H,2-4,6,9-10,12-14H2,1H3,(H,24,26)(H,27,29)(H,30,31)/t15?,18?,19-/m0/s1. The lowest BCUT2D eigenvalue weighted by molar-refractivity contribution is -0.140. The molecule has 172 valence electrons. The maximum atomic E-state index is 12.2. The second-order valence-electron chi connectivity index (χ2n) is 8.70. The maximum absolute atomic E-state index is 12.2. The predicted octanol–water partition coefficient (Wildman–Crippen LogP) is 2.17. The van der Waals surface area contributed by atoms with E-state index in [9.17, 15) is 14.7 Å². The number of hydrogen-bond acceptors (Lipinski definition) is 6. The van der Waals surface area contributed by atoms with Crippen LogP contribution in [-0.2, 0) is 29.4 Å². The second-order valence-corrected chi connectivity index (χ2v) is 8.70. The number of carbonyl (C=O) groups is 2. The second kappa shape index (κ2) is 10.1. The molecule has 3 N–H and O–H groups in total. The molecule has 2 aromatic rings. The van der Waals surface area contributed by atoms with Crippen molar-refractivity contribution in [2.24, 2.45) is 13.0 Å². The van der Waals surface area contributed by atoms with E-state index in [1.807, 2.05) is 0 Å². The van der Waals surface area contributed by atoms with Crippen LogP contribution in [0.15, 0.2) is 24.4 Å². The zero-order valence-corrected chi connectivity index (χ0v) is 18.4.